The SMILES string of the molecule is CCn1ncnc1[C@H](NC(=O)CCc1cc2n(n1)CCCNC2)C1CC1. The van der Waals surface area contributed by atoms with E-state index in [9.17, 15) is 4.79 Å². The number of aromatic nitrogens is 5. The first-order valence-corrected chi connectivity index (χ1v) is 9.68. The molecule has 0 unspecified atom stereocenters. The number of nitrogens with zero attached hydrogens (tertiary/aromatic N) is 5. The van der Waals surface area contributed by atoms with Crippen LogP contribution in [-0.2, 0) is 30.8 Å². The molecular formula is C18H27N7O. The number of amides is 1. The number of hydrogen-bond donors (Lipinski definition) is 2. The van der Waals surface area contributed by atoms with Crippen LogP contribution in [-0.4, -0.2) is 37.0 Å². The van der Waals surface area contributed by atoms with Crippen LogP contribution < -0.4 is 10.6 Å². The zero-order valence-corrected chi connectivity index (χ0v) is 15.3. The number of aryl methyl sites for hydroxylation is 3. The molecule has 2 aliphatic rings. The molecule has 0 spiro atoms. The van der Waals surface area contributed by atoms with Gasteiger partial charge >= 0.3 is 0 Å². The maximum atomic E-state index is 12.5. The minimum atomic E-state index is -0.0205. The first kappa shape index (κ1) is 17.2. The van der Waals surface area contributed by atoms with Crippen molar-refractivity contribution in [3.8, 4) is 0 Å². The third kappa shape index (κ3) is 3.80. The number of carbonyl (C=O) groups is 1. The summed E-state index contributed by atoms with van der Waals surface area (Å²) >= 11 is 0. The van der Waals surface area contributed by atoms with Gasteiger partial charge in [0.1, 0.15) is 12.2 Å². The number of nitrogens with one attached hydrogen (secondary N) is 2. The van der Waals surface area contributed by atoms with E-state index in [2.05, 4.69) is 36.6 Å². The third-order valence-electron chi connectivity index (χ3n) is 5.18. The van der Waals surface area contributed by atoms with Crippen LogP contribution in [0.4, 0.5) is 0 Å². The molecule has 8 heteroatoms. The van der Waals surface area contributed by atoms with Gasteiger partial charge in [-0.2, -0.15) is 10.2 Å². The molecule has 0 bridgehead atoms. The number of hydrogen-bond acceptors (Lipinski definition) is 5. The van der Waals surface area contributed by atoms with Crippen LogP contribution in [0.1, 0.15) is 55.9 Å². The normalized spacial score (nSPS) is 18.2. The van der Waals surface area contributed by atoms with E-state index in [1.54, 1.807) is 6.33 Å². The molecule has 4 rings (SSSR count). The molecule has 1 atom stereocenters. The van der Waals surface area contributed by atoms with E-state index in [-0.39, 0.29) is 11.9 Å². The van der Waals surface area contributed by atoms with E-state index in [4.69, 9.17) is 0 Å². The van der Waals surface area contributed by atoms with E-state index >= 15 is 0 Å². The van der Waals surface area contributed by atoms with E-state index in [1.807, 2.05) is 11.6 Å². The molecule has 2 aromatic rings. The van der Waals surface area contributed by atoms with Crippen molar-refractivity contribution in [2.75, 3.05) is 6.54 Å². The maximum absolute atomic E-state index is 12.5. The number of fused-ring (bicyclic) bond motifs is 1. The predicted molar refractivity (Wildman–Crippen MR) is 96.2 cm³/mol. The lowest BCUT2D eigenvalue weighted by Crippen LogP contribution is -2.32. The largest absolute Gasteiger partial charge is 0.346 e. The van der Waals surface area contributed by atoms with Crippen LogP contribution in [0.2, 0.25) is 0 Å². The Hall–Kier alpha value is -2.22. The second-order valence-corrected chi connectivity index (χ2v) is 7.20. The van der Waals surface area contributed by atoms with Crippen LogP contribution in [0.3, 0.4) is 0 Å². The van der Waals surface area contributed by atoms with Crippen molar-refractivity contribution < 1.29 is 4.79 Å². The van der Waals surface area contributed by atoms with Gasteiger partial charge in [-0.15, -0.1) is 0 Å². The van der Waals surface area contributed by atoms with Crippen LogP contribution in [0, 0.1) is 5.92 Å². The fourth-order valence-electron chi connectivity index (χ4n) is 3.61. The fraction of sp³-hybridized carbons (Fsp3) is 0.667. The summed E-state index contributed by atoms with van der Waals surface area (Å²) in [6.07, 6.45) is 6.07. The Morgan fingerprint density at radius 2 is 2.35 bits per heavy atom. The predicted octanol–water partition coefficient (Wildman–Crippen LogP) is 1.19. The van der Waals surface area contributed by atoms with E-state index < -0.39 is 0 Å². The second kappa shape index (κ2) is 7.57. The minimum Gasteiger partial charge on any atom is -0.346 e. The summed E-state index contributed by atoms with van der Waals surface area (Å²) in [5, 5.41) is 15.5. The van der Waals surface area contributed by atoms with Crippen LogP contribution in [0.25, 0.3) is 0 Å². The molecule has 0 saturated heterocycles. The van der Waals surface area contributed by atoms with Gasteiger partial charge in [-0.25, -0.2) is 9.67 Å². The van der Waals surface area contributed by atoms with Gasteiger partial charge in [0.25, 0.3) is 0 Å². The summed E-state index contributed by atoms with van der Waals surface area (Å²) in [7, 11) is 0. The lowest BCUT2D eigenvalue weighted by Gasteiger charge is -2.18. The Bertz CT molecular complexity index is 738. The van der Waals surface area contributed by atoms with Crippen LogP contribution >= 0.6 is 0 Å². The molecule has 1 fully saturated rings. The van der Waals surface area contributed by atoms with Gasteiger partial charge in [0, 0.05) is 32.5 Å². The molecule has 0 aromatic carbocycles. The second-order valence-electron chi connectivity index (χ2n) is 7.20. The average molecular weight is 357 g/mol. The van der Waals surface area contributed by atoms with Crippen molar-refractivity contribution in [1.82, 2.24) is 35.2 Å². The van der Waals surface area contributed by atoms with E-state index in [1.165, 1.54) is 5.69 Å². The molecule has 8 nitrogen and oxygen atoms in total. The quantitative estimate of drug-likeness (QED) is 0.777. The fourth-order valence-corrected chi connectivity index (χ4v) is 3.61. The van der Waals surface area contributed by atoms with Crippen molar-refractivity contribution in [3.63, 3.8) is 0 Å². The van der Waals surface area contributed by atoms with E-state index in [0.717, 1.165) is 57.0 Å². The summed E-state index contributed by atoms with van der Waals surface area (Å²) in [5.74, 6) is 1.43. The first-order chi connectivity index (χ1) is 12.7. The van der Waals surface area contributed by atoms with Gasteiger partial charge in [0.05, 0.1) is 17.4 Å². The summed E-state index contributed by atoms with van der Waals surface area (Å²) in [4.78, 5) is 16.9. The highest BCUT2D eigenvalue weighted by Gasteiger charge is 2.36. The molecule has 1 amide bonds. The lowest BCUT2D eigenvalue weighted by atomic mass is 10.1. The summed E-state index contributed by atoms with van der Waals surface area (Å²) < 4.78 is 3.95. The molecule has 1 saturated carbocycles. The Kier molecular flexibility index (Phi) is 5.01. The summed E-state index contributed by atoms with van der Waals surface area (Å²) in [5.41, 5.74) is 2.21. The van der Waals surface area contributed by atoms with E-state index in [0.29, 0.717) is 18.8 Å². The van der Waals surface area contributed by atoms with Gasteiger partial charge in [0.15, 0.2) is 0 Å². The van der Waals surface area contributed by atoms with Crippen molar-refractivity contribution in [1.29, 1.82) is 0 Å². The smallest absolute Gasteiger partial charge is 0.220 e. The Labute approximate surface area is 153 Å². The topological polar surface area (TPSA) is 89.7 Å². The number of carbonyl (C=O) groups excluding carboxylic acids is 1. The Balaban J connectivity index is 1.36. The molecule has 2 aromatic heterocycles. The minimum absolute atomic E-state index is 0.0205. The molecule has 0 radical (unpaired) electrons. The Morgan fingerprint density at radius 3 is 3.15 bits per heavy atom. The first-order valence-electron chi connectivity index (χ1n) is 9.68. The van der Waals surface area contributed by atoms with Gasteiger partial charge in [-0.3, -0.25) is 9.48 Å². The molecule has 2 N–H and O–H groups in total. The van der Waals surface area contributed by atoms with Crippen molar-refractivity contribution in [2.24, 2.45) is 5.92 Å². The standard InChI is InChI=1S/C18H27N7O/c1-2-24-18(20-12-21-24)17(13-4-5-13)22-16(26)7-6-14-10-15-11-19-8-3-9-25(15)23-14/h10,12-13,17,19H,2-9,11H2,1H3,(H,22,26)/t17-/m1/s1. The number of rotatable bonds is 7. The van der Waals surface area contributed by atoms with Gasteiger partial charge in [0.2, 0.25) is 5.91 Å². The molecule has 3 heterocycles. The highest BCUT2D eigenvalue weighted by molar-refractivity contribution is 5.76. The van der Waals surface area contributed by atoms with Crippen LogP contribution in [0.15, 0.2) is 12.4 Å². The summed E-state index contributed by atoms with van der Waals surface area (Å²) in [6.45, 7) is 5.65. The van der Waals surface area contributed by atoms with Crippen molar-refractivity contribution in [2.45, 2.75) is 64.7 Å². The van der Waals surface area contributed by atoms with Gasteiger partial charge in [-0.1, -0.05) is 0 Å². The summed E-state index contributed by atoms with van der Waals surface area (Å²) in [6, 6.07) is 2.10. The third-order valence-corrected chi connectivity index (χ3v) is 5.18. The molecule has 1 aliphatic carbocycles. The Morgan fingerprint density at radius 1 is 1.46 bits per heavy atom. The highest BCUT2D eigenvalue weighted by atomic mass is 16.1. The molecule has 1 aliphatic heterocycles. The maximum Gasteiger partial charge on any atom is 0.220 e. The lowest BCUT2D eigenvalue weighted by molar-refractivity contribution is -0.122. The zero-order valence-electron chi connectivity index (χ0n) is 15.3. The molecular weight excluding hydrogens is 330 g/mol. The van der Waals surface area contributed by atoms with Crippen LogP contribution in [0.5, 0.6) is 0 Å². The molecule has 140 valence electrons. The van der Waals surface area contributed by atoms with Gasteiger partial charge in [-0.05, 0) is 44.7 Å². The van der Waals surface area contributed by atoms with Gasteiger partial charge < -0.3 is 10.6 Å². The zero-order chi connectivity index (χ0) is 17.9. The average Bonchev–Trinajstić information content (AvgIpc) is 3.32. The molecule has 26 heavy (non-hydrogen) atoms. The monoisotopic (exact) mass is 357 g/mol. The van der Waals surface area contributed by atoms with Crippen molar-refractivity contribution >= 4 is 5.91 Å². The highest BCUT2D eigenvalue weighted by Crippen LogP contribution is 2.40. The van der Waals surface area contributed by atoms with Crippen molar-refractivity contribution in [3.05, 3.63) is 29.6 Å².